The van der Waals surface area contributed by atoms with E-state index in [1.54, 1.807) is 19.9 Å². The maximum Gasteiger partial charge on any atom is 0.252 e. The van der Waals surface area contributed by atoms with Crippen LogP contribution >= 0.6 is 0 Å². The normalized spacial score (nSPS) is 33.0. The molecule has 2 aliphatic carbocycles. The number of nitrogens with one attached hydrogen (secondary N) is 1. The summed E-state index contributed by atoms with van der Waals surface area (Å²) in [6.07, 6.45) is -3.45. The van der Waals surface area contributed by atoms with Crippen LogP contribution in [0.4, 0.5) is 0 Å². The third-order valence-electron chi connectivity index (χ3n) is 10.1. The molecule has 13 heteroatoms. The summed E-state index contributed by atoms with van der Waals surface area (Å²) in [5.74, 6) is -3.13. The van der Waals surface area contributed by atoms with Crippen LogP contribution < -0.4 is 10.1 Å². The number of carbonyl (C=O) groups is 3. The van der Waals surface area contributed by atoms with Gasteiger partial charge in [-0.25, -0.2) is 0 Å². The Morgan fingerprint density at radius 2 is 1.81 bits per heavy atom. The van der Waals surface area contributed by atoms with E-state index < -0.39 is 65.1 Å². The van der Waals surface area contributed by atoms with Crippen molar-refractivity contribution in [3.05, 3.63) is 51.6 Å². The molecule has 0 bridgehead atoms. The number of nitrogens with zero attached hydrogens (tertiary/aromatic N) is 1. The highest BCUT2D eigenvalue weighted by Crippen LogP contribution is 2.53. The average Bonchev–Trinajstić information content (AvgIpc) is 3.41. The van der Waals surface area contributed by atoms with Crippen LogP contribution in [0.15, 0.2) is 18.2 Å². The minimum absolute atomic E-state index is 0.00147. The van der Waals surface area contributed by atoms with E-state index in [2.05, 4.69) is 10.2 Å². The first-order valence-electron chi connectivity index (χ1n) is 16.1. The zero-order valence-electron chi connectivity index (χ0n) is 26.9. The second-order valence-corrected chi connectivity index (χ2v) is 13.4. The number of hydrogen-bond donors (Lipinski definition) is 4. The van der Waals surface area contributed by atoms with Gasteiger partial charge in [-0.15, -0.1) is 0 Å². The van der Waals surface area contributed by atoms with Crippen molar-refractivity contribution in [3.63, 3.8) is 0 Å². The van der Waals surface area contributed by atoms with E-state index in [-0.39, 0.29) is 70.5 Å². The molecule has 2 aromatic rings. The van der Waals surface area contributed by atoms with E-state index in [1.165, 1.54) is 19.2 Å². The van der Waals surface area contributed by atoms with Gasteiger partial charge in [-0.3, -0.25) is 19.3 Å². The van der Waals surface area contributed by atoms with Crippen molar-refractivity contribution in [1.29, 1.82) is 0 Å². The molecular weight excluding hydrogens is 612 g/mol. The van der Waals surface area contributed by atoms with E-state index >= 15 is 0 Å². The van der Waals surface area contributed by atoms with Gasteiger partial charge in [0.05, 0.1) is 48.7 Å². The van der Waals surface area contributed by atoms with Gasteiger partial charge in [0.15, 0.2) is 12.1 Å². The lowest BCUT2D eigenvalue weighted by Gasteiger charge is -2.43. The van der Waals surface area contributed by atoms with E-state index in [0.29, 0.717) is 19.6 Å². The number of phenols is 2. The summed E-state index contributed by atoms with van der Waals surface area (Å²) in [5.41, 5.74) is -2.95. The lowest BCUT2D eigenvalue weighted by molar-refractivity contribution is -0.247. The molecular formula is C34H40N2O11. The van der Waals surface area contributed by atoms with E-state index in [4.69, 9.17) is 23.7 Å². The Bertz CT molecular complexity index is 1660. The number of methoxy groups -OCH3 is 1. The first kappa shape index (κ1) is 32.0. The highest BCUT2D eigenvalue weighted by molar-refractivity contribution is 6.31. The first-order chi connectivity index (χ1) is 22.3. The molecule has 5 aliphatic rings. The molecule has 3 heterocycles. The summed E-state index contributed by atoms with van der Waals surface area (Å²) in [7, 11) is 1.37. The van der Waals surface area contributed by atoms with Gasteiger partial charge in [-0.2, -0.15) is 0 Å². The predicted molar refractivity (Wildman–Crippen MR) is 164 cm³/mol. The Balaban J connectivity index is 1.31. The number of ketones is 2. The van der Waals surface area contributed by atoms with Crippen LogP contribution in [0.25, 0.3) is 0 Å². The Labute approximate surface area is 271 Å². The maximum atomic E-state index is 14.0. The van der Waals surface area contributed by atoms with Gasteiger partial charge in [-0.1, -0.05) is 12.1 Å². The fourth-order valence-corrected chi connectivity index (χ4v) is 7.94. The number of hydrogen-bond acceptors (Lipinski definition) is 12. The molecule has 4 N–H and O–H groups in total. The summed E-state index contributed by atoms with van der Waals surface area (Å²) in [6.45, 7) is 8.56. The van der Waals surface area contributed by atoms with Crippen molar-refractivity contribution in [2.24, 2.45) is 0 Å². The van der Waals surface area contributed by atoms with Gasteiger partial charge < -0.3 is 44.3 Å². The number of amides is 1. The van der Waals surface area contributed by atoms with Crippen LogP contribution in [0.2, 0.25) is 0 Å². The number of aromatic hydroxyl groups is 2. The lowest BCUT2D eigenvalue weighted by atomic mass is 9.72. The first-order valence-corrected chi connectivity index (χ1v) is 16.1. The van der Waals surface area contributed by atoms with Crippen LogP contribution in [-0.4, -0.2) is 106 Å². The highest BCUT2D eigenvalue weighted by atomic mass is 16.7. The number of morpholine rings is 1. The summed E-state index contributed by atoms with van der Waals surface area (Å²) in [6, 6.07) is 4.14. The van der Waals surface area contributed by atoms with Gasteiger partial charge in [-0.05, 0) is 33.8 Å². The topological polar surface area (TPSA) is 173 Å². The maximum absolute atomic E-state index is 14.0. The fourth-order valence-electron chi connectivity index (χ4n) is 7.94. The monoisotopic (exact) mass is 652 g/mol. The molecule has 2 aromatic carbocycles. The Hall–Kier alpha value is -3.59. The molecule has 7 rings (SSSR count). The van der Waals surface area contributed by atoms with E-state index in [1.807, 2.05) is 13.8 Å². The largest absolute Gasteiger partial charge is 0.507 e. The minimum atomic E-state index is -2.09. The van der Waals surface area contributed by atoms with Gasteiger partial charge in [0.25, 0.3) is 5.91 Å². The predicted octanol–water partition coefficient (Wildman–Crippen LogP) is 2.09. The average molecular weight is 653 g/mol. The second-order valence-electron chi connectivity index (χ2n) is 13.4. The second kappa shape index (κ2) is 11.5. The molecule has 13 nitrogen and oxygen atoms in total. The van der Waals surface area contributed by atoms with Crippen molar-refractivity contribution >= 4 is 17.5 Å². The van der Waals surface area contributed by atoms with Gasteiger partial charge in [0, 0.05) is 54.6 Å². The SMILES string of the molecule is COc1cccc2c1C(=O)c1c(O)c3c(c(O)c1C2=O)C[C@@](O)(C(=O)NC(C)C)C[C@@H]3O[C@H]1CC2C(O[C@@H]3[C@@H](C)OCCN23)[C@H](C)O1. The van der Waals surface area contributed by atoms with Crippen LogP contribution in [0.1, 0.15) is 89.6 Å². The molecule has 47 heavy (non-hydrogen) atoms. The molecule has 0 radical (unpaired) electrons. The molecule has 8 atom stereocenters. The Kier molecular flexibility index (Phi) is 7.85. The highest BCUT2D eigenvalue weighted by Gasteiger charge is 2.54. The molecule has 3 saturated heterocycles. The van der Waals surface area contributed by atoms with E-state index in [9.17, 15) is 29.7 Å². The van der Waals surface area contributed by atoms with Crippen LogP contribution in [0.3, 0.4) is 0 Å². The Morgan fingerprint density at radius 1 is 1.06 bits per heavy atom. The number of fused-ring (bicyclic) bond motifs is 6. The quantitative estimate of drug-likeness (QED) is 0.296. The standard InChI is InChI=1S/C34H40N2O11/c1-14(2)35-33(41)34(42)12-18-24(30(40)26-25(28(18)38)27(37)17-7-6-8-20(43-5)23(17)29(26)39)21(13-34)46-22-11-19-31(15(3)45-22)47-32-16(4)44-10-9-36(19)32/h6-8,14-16,19,21-22,31-32,38,40,42H,9-13H2,1-5H3,(H,35,41)/t15-,16+,19?,21-,22-,31?,32+,34-/m0/s1. The summed E-state index contributed by atoms with van der Waals surface area (Å²) in [5, 5.41) is 38.1. The number of aliphatic hydroxyl groups is 1. The summed E-state index contributed by atoms with van der Waals surface area (Å²) >= 11 is 0. The molecule has 3 fully saturated rings. The Morgan fingerprint density at radius 3 is 2.53 bits per heavy atom. The van der Waals surface area contributed by atoms with E-state index in [0.717, 1.165) is 0 Å². The third-order valence-corrected chi connectivity index (χ3v) is 10.1. The summed E-state index contributed by atoms with van der Waals surface area (Å²) < 4.78 is 30.3. The van der Waals surface area contributed by atoms with Crippen molar-refractivity contribution in [1.82, 2.24) is 10.2 Å². The zero-order valence-corrected chi connectivity index (χ0v) is 26.9. The molecule has 0 spiro atoms. The lowest BCUT2D eigenvalue weighted by Crippen LogP contribution is -2.55. The molecule has 1 amide bonds. The zero-order chi connectivity index (χ0) is 33.5. The van der Waals surface area contributed by atoms with Gasteiger partial charge in [0.2, 0.25) is 5.78 Å². The number of rotatable bonds is 5. The van der Waals surface area contributed by atoms with Gasteiger partial charge in [0.1, 0.15) is 35.2 Å². The van der Waals surface area contributed by atoms with Gasteiger partial charge >= 0.3 is 0 Å². The molecule has 252 valence electrons. The van der Waals surface area contributed by atoms with Crippen LogP contribution in [0, 0.1) is 0 Å². The summed E-state index contributed by atoms with van der Waals surface area (Å²) in [4.78, 5) is 43.4. The van der Waals surface area contributed by atoms with Crippen molar-refractivity contribution in [3.8, 4) is 17.2 Å². The molecule has 0 aromatic heterocycles. The van der Waals surface area contributed by atoms with Crippen molar-refractivity contribution < 1.29 is 53.4 Å². The number of phenolic OH excluding ortho intramolecular Hbond substituents is 2. The fraction of sp³-hybridized carbons (Fsp3) is 0.559. The van der Waals surface area contributed by atoms with Crippen molar-refractivity contribution in [2.45, 2.75) is 102 Å². The van der Waals surface area contributed by atoms with Crippen LogP contribution in [-0.2, 0) is 30.2 Å². The minimum Gasteiger partial charge on any atom is -0.507 e. The molecule has 3 aliphatic heterocycles. The number of ether oxygens (including phenoxy) is 5. The molecule has 0 saturated carbocycles. The smallest absolute Gasteiger partial charge is 0.252 e. The molecule has 2 unspecified atom stereocenters. The third kappa shape index (κ3) is 4.94. The number of carbonyl (C=O) groups excluding carboxylic acids is 3. The van der Waals surface area contributed by atoms with Crippen molar-refractivity contribution in [2.75, 3.05) is 20.3 Å². The van der Waals surface area contributed by atoms with Crippen LogP contribution in [0.5, 0.6) is 17.2 Å². The number of benzene rings is 2.